The Hall–Kier alpha value is -1.23. The number of nitrogens with one attached hydrogen (secondary N) is 1. The molecule has 1 aromatic heterocycles. The van der Waals surface area contributed by atoms with Gasteiger partial charge >= 0.3 is 0 Å². The van der Waals surface area contributed by atoms with Crippen LogP contribution in [0.15, 0.2) is 0 Å². The smallest absolute Gasteiger partial charge is 0.147 e. The monoisotopic (exact) mass is 254 g/mol. The van der Waals surface area contributed by atoms with Gasteiger partial charge in [0.05, 0.1) is 18.0 Å². The fraction of sp³-hybridized carbons (Fsp3) is 0.769. The van der Waals surface area contributed by atoms with Gasteiger partial charge < -0.3 is 15.8 Å². The van der Waals surface area contributed by atoms with Crippen molar-refractivity contribution in [3.8, 4) is 0 Å². The van der Waals surface area contributed by atoms with Crippen molar-refractivity contribution < 1.29 is 4.74 Å². The number of nitrogens with two attached hydrogens (primary N) is 1. The highest BCUT2D eigenvalue weighted by molar-refractivity contribution is 5.65. The van der Waals surface area contributed by atoms with Gasteiger partial charge in [-0.2, -0.15) is 5.10 Å². The van der Waals surface area contributed by atoms with Gasteiger partial charge in [0.15, 0.2) is 0 Å². The molecule has 0 radical (unpaired) electrons. The number of aromatic nitrogens is 2. The summed E-state index contributed by atoms with van der Waals surface area (Å²) in [5.41, 5.74) is 7.82. The largest absolute Gasteiger partial charge is 0.394 e. The van der Waals surface area contributed by atoms with Gasteiger partial charge in [-0.15, -0.1) is 0 Å². The van der Waals surface area contributed by atoms with Gasteiger partial charge in [-0.05, 0) is 12.8 Å². The molecule has 0 aliphatic carbocycles. The Morgan fingerprint density at radius 1 is 1.28 bits per heavy atom. The lowest BCUT2D eigenvalue weighted by Crippen LogP contribution is -2.13. The van der Waals surface area contributed by atoms with Crippen LogP contribution in [0.4, 0.5) is 11.5 Å². The number of hydrogen-bond acceptors (Lipinski definition) is 4. The zero-order valence-electron chi connectivity index (χ0n) is 11.8. The van der Waals surface area contributed by atoms with E-state index >= 15 is 0 Å². The molecule has 0 fully saturated rings. The molecular formula is C13H26N4O. The predicted octanol–water partition coefficient (Wildman–Crippen LogP) is 2.18. The number of rotatable bonds is 9. The first-order valence-corrected chi connectivity index (χ1v) is 6.83. The number of unbranched alkanes of at least 4 members (excludes halogenated alkanes) is 1. The molecule has 0 aromatic carbocycles. The van der Waals surface area contributed by atoms with Crippen LogP contribution in [0, 0.1) is 0 Å². The van der Waals surface area contributed by atoms with Crippen molar-refractivity contribution in [1.29, 1.82) is 0 Å². The second-order valence-electron chi connectivity index (χ2n) is 4.48. The van der Waals surface area contributed by atoms with E-state index in [0.29, 0.717) is 6.61 Å². The number of aryl methyl sites for hydroxylation is 2. The fourth-order valence-corrected chi connectivity index (χ4v) is 1.82. The third-order valence-electron chi connectivity index (χ3n) is 2.83. The number of hydrogen-bond donors (Lipinski definition) is 2. The Morgan fingerprint density at radius 3 is 2.72 bits per heavy atom. The third-order valence-corrected chi connectivity index (χ3v) is 2.83. The topological polar surface area (TPSA) is 65.1 Å². The maximum atomic E-state index is 6.07. The van der Waals surface area contributed by atoms with Crippen LogP contribution in [0.1, 0.15) is 38.8 Å². The first-order valence-electron chi connectivity index (χ1n) is 6.83. The first kappa shape index (κ1) is 14.8. The van der Waals surface area contributed by atoms with Crippen LogP contribution >= 0.6 is 0 Å². The van der Waals surface area contributed by atoms with Crippen LogP contribution in [0.5, 0.6) is 0 Å². The van der Waals surface area contributed by atoms with Crippen LogP contribution in [-0.4, -0.2) is 29.5 Å². The zero-order valence-corrected chi connectivity index (χ0v) is 11.8. The minimum absolute atomic E-state index is 0.702. The number of anilines is 2. The molecule has 1 rings (SSSR count). The molecule has 0 spiro atoms. The van der Waals surface area contributed by atoms with Gasteiger partial charge in [0, 0.05) is 20.2 Å². The van der Waals surface area contributed by atoms with E-state index in [-0.39, 0.29) is 0 Å². The summed E-state index contributed by atoms with van der Waals surface area (Å²) in [6, 6.07) is 0. The van der Waals surface area contributed by atoms with Crippen molar-refractivity contribution in [2.45, 2.75) is 39.5 Å². The Balaban J connectivity index is 2.37. The van der Waals surface area contributed by atoms with Crippen LogP contribution in [0.25, 0.3) is 0 Å². The quantitative estimate of drug-likeness (QED) is 0.663. The maximum absolute atomic E-state index is 6.07. The molecule has 0 amide bonds. The van der Waals surface area contributed by atoms with Gasteiger partial charge in [0.25, 0.3) is 0 Å². The second kappa shape index (κ2) is 7.97. The summed E-state index contributed by atoms with van der Waals surface area (Å²) < 4.78 is 7.31. The summed E-state index contributed by atoms with van der Waals surface area (Å²) in [5.74, 6) is 0.901. The lowest BCUT2D eigenvalue weighted by molar-refractivity contribution is 0.141. The summed E-state index contributed by atoms with van der Waals surface area (Å²) in [4.78, 5) is 0. The van der Waals surface area contributed by atoms with E-state index in [9.17, 15) is 0 Å². The Labute approximate surface area is 110 Å². The van der Waals surface area contributed by atoms with E-state index in [2.05, 4.69) is 24.3 Å². The summed E-state index contributed by atoms with van der Waals surface area (Å²) in [7, 11) is 1.91. The zero-order chi connectivity index (χ0) is 13.4. The molecule has 0 bridgehead atoms. The van der Waals surface area contributed by atoms with Gasteiger partial charge in [-0.1, -0.05) is 26.7 Å². The van der Waals surface area contributed by atoms with Crippen LogP contribution in [0.2, 0.25) is 0 Å². The number of nitrogens with zero attached hydrogens (tertiary/aromatic N) is 2. The Bertz CT molecular complexity index is 349. The maximum Gasteiger partial charge on any atom is 0.147 e. The van der Waals surface area contributed by atoms with Crippen molar-refractivity contribution in [2.24, 2.45) is 7.05 Å². The van der Waals surface area contributed by atoms with Gasteiger partial charge in [-0.25, -0.2) is 0 Å². The van der Waals surface area contributed by atoms with Crippen molar-refractivity contribution in [3.05, 3.63) is 5.69 Å². The van der Waals surface area contributed by atoms with E-state index in [4.69, 9.17) is 10.5 Å². The van der Waals surface area contributed by atoms with E-state index in [1.54, 1.807) is 0 Å². The SMILES string of the molecule is CCCCOCCNc1c(N)c(CCC)nn1C. The molecule has 0 saturated carbocycles. The molecule has 5 nitrogen and oxygen atoms in total. The van der Waals surface area contributed by atoms with Crippen molar-refractivity contribution in [2.75, 3.05) is 30.8 Å². The summed E-state index contributed by atoms with van der Waals surface area (Å²) >= 11 is 0. The highest BCUT2D eigenvalue weighted by atomic mass is 16.5. The summed E-state index contributed by atoms with van der Waals surface area (Å²) in [6.45, 7) is 6.59. The molecule has 1 aromatic rings. The van der Waals surface area contributed by atoms with Gasteiger partial charge in [0.1, 0.15) is 5.82 Å². The first-order chi connectivity index (χ1) is 8.70. The molecule has 0 aliphatic heterocycles. The second-order valence-corrected chi connectivity index (χ2v) is 4.48. The minimum Gasteiger partial charge on any atom is -0.394 e. The molecule has 0 aliphatic rings. The molecule has 0 unspecified atom stereocenters. The molecule has 104 valence electrons. The van der Waals surface area contributed by atoms with Gasteiger partial charge in [-0.3, -0.25) is 4.68 Å². The van der Waals surface area contributed by atoms with E-state index in [1.807, 2.05) is 11.7 Å². The molecular weight excluding hydrogens is 228 g/mol. The molecule has 0 saturated heterocycles. The Kier molecular flexibility index (Phi) is 6.57. The molecule has 5 heteroatoms. The van der Waals surface area contributed by atoms with Crippen molar-refractivity contribution in [1.82, 2.24) is 9.78 Å². The fourth-order valence-electron chi connectivity index (χ4n) is 1.82. The van der Waals surface area contributed by atoms with Crippen LogP contribution in [-0.2, 0) is 18.2 Å². The number of nitrogen functional groups attached to an aromatic ring is 1. The predicted molar refractivity (Wildman–Crippen MR) is 75.8 cm³/mol. The third kappa shape index (κ3) is 4.22. The molecule has 18 heavy (non-hydrogen) atoms. The molecule has 1 heterocycles. The van der Waals surface area contributed by atoms with Crippen molar-refractivity contribution >= 4 is 11.5 Å². The average Bonchev–Trinajstić information content (AvgIpc) is 2.61. The highest BCUT2D eigenvalue weighted by Gasteiger charge is 2.11. The lowest BCUT2D eigenvalue weighted by Gasteiger charge is -2.08. The number of ether oxygens (including phenoxy) is 1. The summed E-state index contributed by atoms with van der Waals surface area (Å²) in [5, 5.41) is 7.70. The van der Waals surface area contributed by atoms with Gasteiger partial charge in [0.2, 0.25) is 0 Å². The summed E-state index contributed by atoms with van der Waals surface area (Å²) in [6.07, 6.45) is 4.27. The van der Waals surface area contributed by atoms with Crippen molar-refractivity contribution in [3.63, 3.8) is 0 Å². The van der Waals surface area contributed by atoms with E-state index in [1.165, 1.54) is 6.42 Å². The molecule has 3 N–H and O–H groups in total. The van der Waals surface area contributed by atoms with E-state index in [0.717, 1.165) is 49.6 Å². The Morgan fingerprint density at radius 2 is 2.06 bits per heavy atom. The average molecular weight is 254 g/mol. The highest BCUT2D eigenvalue weighted by Crippen LogP contribution is 2.22. The van der Waals surface area contributed by atoms with Crippen LogP contribution < -0.4 is 11.1 Å². The van der Waals surface area contributed by atoms with Crippen LogP contribution in [0.3, 0.4) is 0 Å². The lowest BCUT2D eigenvalue weighted by atomic mass is 10.2. The molecule has 0 atom stereocenters. The normalized spacial score (nSPS) is 10.8. The minimum atomic E-state index is 0.702. The standard InChI is InChI=1S/C13H26N4O/c1-4-6-9-18-10-8-15-13-12(14)11(7-5-2)16-17(13)3/h15H,4-10,14H2,1-3H3. The van der Waals surface area contributed by atoms with E-state index < -0.39 is 0 Å².